The van der Waals surface area contributed by atoms with Gasteiger partial charge in [0.2, 0.25) is 0 Å². The van der Waals surface area contributed by atoms with Crippen molar-refractivity contribution in [2.24, 2.45) is 4.99 Å². The first-order chi connectivity index (χ1) is 15.6. The number of imidazole rings is 1. The smallest absolute Gasteiger partial charge is 0.152 e. The molecule has 2 aliphatic rings. The van der Waals surface area contributed by atoms with E-state index in [4.69, 9.17) is 4.99 Å². The zero-order valence-corrected chi connectivity index (χ0v) is 17.7. The molecule has 32 heavy (non-hydrogen) atoms. The fourth-order valence-corrected chi connectivity index (χ4v) is 4.13. The Kier molecular flexibility index (Phi) is 5.33. The Balaban J connectivity index is 1.35. The van der Waals surface area contributed by atoms with Crippen LogP contribution in [0.3, 0.4) is 0 Å². The van der Waals surface area contributed by atoms with E-state index in [2.05, 4.69) is 15.2 Å². The van der Waals surface area contributed by atoms with Crippen LogP contribution in [-0.2, 0) is 13.0 Å². The third kappa shape index (κ3) is 4.07. The largest absolute Gasteiger partial charge is 0.392 e. The number of fused-ring (bicyclic) bond motifs is 1. The van der Waals surface area contributed by atoms with Gasteiger partial charge in [-0.3, -0.25) is 4.99 Å². The number of hydrogen-bond donors (Lipinski definition) is 2. The summed E-state index contributed by atoms with van der Waals surface area (Å²) in [4.78, 5) is 11.3. The Labute approximate surface area is 186 Å². The first kappa shape index (κ1) is 20.2. The summed E-state index contributed by atoms with van der Waals surface area (Å²) in [6.45, 7) is 2.64. The second kappa shape index (κ2) is 8.43. The van der Waals surface area contributed by atoms with Crippen molar-refractivity contribution in [3.63, 3.8) is 0 Å². The summed E-state index contributed by atoms with van der Waals surface area (Å²) in [5.74, 6) is 0.664. The standard InChI is InChI=1S/C25H24FN5O/c1-17-13-31(16-27-17)24-9-8-21(12-19(24)15-32)28-23-3-2-10-30-14-22(29-25(23)30)11-18-4-6-20(26)7-5-18/h2-10,12-13,16,22,28,32H,11,14-15H2,1H3. The maximum atomic E-state index is 13.2. The van der Waals surface area contributed by atoms with Gasteiger partial charge in [-0.15, -0.1) is 0 Å². The van der Waals surface area contributed by atoms with Crippen LogP contribution in [0.15, 0.2) is 84.0 Å². The highest BCUT2D eigenvalue weighted by atomic mass is 19.1. The molecule has 0 aliphatic carbocycles. The van der Waals surface area contributed by atoms with E-state index in [-0.39, 0.29) is 18.5 Å². The highest BCUT2D eigenvalue weighted by Gasteiger charge is 2.28. The summed E-state index contributed by atoms with van der Waals surface area (Å²) in [6.07, 6.45) is 10.5. The summed E-state index contributed by atoms with van der Waals surface area (Å²) in [5.41, 5.74) is 5.48. The van der Waals surface area contributed by atoms with Crippen molar-refractivity contribution in [2.75, 3.05) is 11.9 Å². The molecule has 0 bridgehead atoms. The predicted octanol–water partition coefficient (Wildman–Crippen LogP) is 3.96. The maximum absolute atomic E-state index is 13.2. The van der Waals surface area contributed by atoms with Gasteiger partial charge in [0, 0.05) is 30.2 Å². The van der Waals surface area contributed by atoms with Crippen LogP contribution in [0.5, 0.6) is 0 Å². The molecule has 0 radical (unpaired) electrons. The van der Waals surface area contributed by atoms with Crippen LogP contribution in [0.25, 0.3) is 5.69 Å². The van der Waals surface area contributed by atoms with Gasteiger partial charge in [-0.1, -0.05) is 12.1 Å². The van der Waals surface area contributed by atoms with Crippen LogP contribution < -0.4 is 5.32 Å². The Morgan fingerprint density at radius 2 is 2.03 bits per heavy atom. The van der Waals surface area contributed by atoms with Gasteiger partial charge in [-0.25, -0.2) is 9.37 Å². The molecule has 3 aromatic rings. The molecule has 0 fully saturated rings. The molecule has 1 aromatic heterocycles. The van der Waals surface area contributed by atoms with Crippen molar-refractivity contribution >= 4 is 11.5 Å². The Morgan fingerprint density at radius 3 is 2.78 bits per heavy atom. The van der Waals surface area contributed by atoms with E-state index < -0.39 is 0 Å². The first-order valence-electron chi connectivity index (χ1n) is 10.6. The van der Waals surface area contributed by atoms with Gasteiger partial charge >= 0.3 is 0 Å². The number of benzene rings is 2. The molecular weight excluding hydrogens is 405 g/mol. The molecule has 7 heteroatoms. The summed E-state index contributed by atoms with van der Waals surface area (Å²) < 4.78 is 15.1. The van der Waals surface area contributed by atoms with E-state index in [1.54, 1.807) is 6.33 Å². The summed E-state index contributed by atoms with van der Waals surface area (Å²) in [5, 5.41) is 13.4. The van der Waals surface area contributed by atoms with Crippen LogP contribution in [0, 0.1) is 12.7 Å². The molecule has 6 nitrogen and oxygen atoms in total. The summed E-state index contributed by atoms with van der Waals surface area (Å²) in [6, 6.07) is 12.6. The first-order valence-corrected chi connectivity index (χ1v) is 10.6. The summed E-state index contributed by atoms with van der Waals surface area (Å²) in [7, 11) is 0. The minimum atomic E-state index is -0.224. The number of rotatable bonds is 6. The van der Waals surface area contributed by atoms with Crippen LogP contribution in [0.2, 0.25) is 0 Å². The van der Waals surface area contributed by atoms with E-state index in [0.29, 0.717) is 0 Å². The number of hydrogen-bond acceptors (Lipinski definition) is 5. The number of allylic oxidation sites excluding steroid dienone is 2. The number of halogens is 1. The van der Waals surface area contributed by atoms with Crippen LogP contribution >= 0.6 is 0 Å². The topological polar surface area (TPSA) is 65.7 Å². The van der Waals surface area contributed by atoms with Gasteiger partial charge in [0.15, 0.2) is 5.84 Å². The molecule has 1 atom stereocenters. The number of aromatic nitrogens is 2. The van der Waals surface area contributed by atoms with Crippen LogP contribution in [0.4, 0.5) is 10.1 Å². The van der Waals surface area contributed by atoms with Crippen molar-refractivity contribution in [1.29, 1.82) is 0 Å². The molecule has 1 unspecified atom stereocenters. The lowest BCUT2D eigenvalue weighted by Crippen LogP contribution is -2.29. The molecule has 2 N–H and O–H groups in total. The zero-order valence-electron chi connectivity index (χ0n) is 17.7. The highest BCUT2D eigenvalue weighted by molar-refractivity contribution is 6.03. The second-order valence-corrected chi connectivity index (χ2v) is 8.06. The number of amidine groups is 1. The summed E-state index contributed by atoms with van der Waals surface area (Å²) >= 11 is 0. The minimum Gasteiger partial charge on any atom is -0.392 e. The van der Waals surface area contributed by atoms with Crippen LogP contribution in [0.1, 0.15) is 16.8 Å². The van der Waals surface area contributed by atoms with Gasteiger partial charge in [0.25, 0.3) is 0 Å². The van der Waals surface area contributed by atoms with E-state index in [9.17, 15) is 9.50 Å². The number of aryl methyl sites for hydroxylation is 1. The number of nitrogens with one attached hydrogen (secondary N) is 1. The molecule has 0 amide bonds. The number of aliphatic hydroxyl groups is 1. The van der Waals surface area contributed by atoms with E-state index in [1.807, 2.05) is 66.4 Å². The quantitative estimate of drug-likeness (QED) is 0.623. The Morgan fingerprint density at radius 1 is 1.19 bits per heavy atom. The minimum absolute atomic E-state index is 0.0755. The number of nitrogens with zero attached hydrogens (tertiary/aromatic N) is 4. The van der Waals surface area contributed by atoms with Crippen molar-refractivity contribution in [3.8, 4) is 5.69 Å². The number of anilines is 1. The number of aliphatic hydroxyl groups excluding tert-OH is 1. The van der Waals surface area contributed by atoms with E-state index in [1.165, 1.54) is 12.1 Å². The van der Waals surface area contributed by atoms with Gasteiger partial charge in [-0.05, 0) is 61.4 Å². The third-order valence-corrected chi connectivity index (χ3v) is 5.66. The molecule has 3 heterocycles. The molecule has 162 valence electrons. The van der Waals surface area contributed by atoms with Gasteiger partial charge < -0.3 is 19.9 Å². The molecule has 2 aliphatic heterocycles. The Hall–Kier alpha value is -3.71. The fraction of sp³-hybridized carbons (Fsp3) is 0.200. The monoisotopic (exact) mass is 429 g/mol. The van der Waals surface area contributed by atoms with Crippen molar-refractivity contribution in [1.82, 2.24) is 14.5 Å². The van der Waals surface area contributed by atoms with Gasteiger partial charge in [-0.2, -0.15) is 0 Å². The SMILES string of the molecule is Cc1cn(-c2ccc(NC3=CC=CN4CC(Cc5ccc(F)cc5)N=C34)cc2CO)cn1. The maximum Gasteiger partial charge on any atom is 0.152 e. The number of aliphatic imine (C=N–C) groups is 1. The molecule has 0 saturated heterocycles. The molecule has 0 spiro atoms. The van der Waals surface area contributed by atoms with E-state index >= 15 is 0 Å². The zero-order chi connectivity index (χ0) is 22.1. The van der Waals surface area contributed by atoms with Crippen molar-refractivity contribution < 1.29 is 9.50 Å². The van der Waals surface area contributed by atoms with Crippen LogP contribution in [-0.4, -0.2) is 38.0 Å². The van der Waals surface area contributed by atoms with Crippen molar-refractivity contribution in [2.45, 2.75) is 26.0 Å². The van der Waals surface area contributed by atoms with E-state index in [0.717, 1.165) is 52.7 Å². The second-order valence-electron chi connectivity index (χ2n) is 8.06. The Bertz CT molecular complexity index is 1230. The fourth-order valence-electron chi connectivity index (χ4n) is 4.13. The third-order valence-electron chi connectivity index (χ3n) is 5.66. The highest BCUT2D eigenvalue weighted by Crippen LogP contribution is 2.26. The lowest BCUT2D eigenvalue weighted by atomic mass is 10.1. The lowest BCUT2D eigenvalue weighted by Gasteiger charge is -2.22. The average molecular weight is 429 g/mol. The lowest BCUT2D eigenvalue weighted by molar-refractivity contribution is 0.281. The molecular formula is C25H24FN5O. The normalized spacial score (nSPS) is 17.2. The van der Waals surface area contributed by atoms with Gasteiger partial charge in [0.05, 0.1) is 36.1 Å². The predicted molar refractivity (Wildman–Crippen MR) is 123 cm³/mol. The average Bonchev–Trinajstić information content (AvgIpc) is 3.41. The molecule has 5 rings (SSSR count). The van der Waals surface area contributed by atoms with Crippen molar-refractivity contribution in [3.05, 3.63) is 102 Å². The van der Waals surface area contributed by atoms with Gasteiger partial charge in [0.1, 0.15) is 5.82 Å². The molecule has 0 saturated carbocycles. The molecule has 2 aromatic carbocycles.